The highest BCUT2D eigenvalue weighted by Gasteiger charge is 2.19. The smallest absolute Gasteiger partial charge is 0.289 e. The summed E-state index contributed by atoms with van der Waals surface area (Å²) >= 11 is 1.62. The summed E-state index contributed by atoms with van der Waals surface area (Å²) in [5.41, 5.74) is 0.742. The summed E-state index contributed by atoms with van der Waals surface area (Å²) in [6, 6.07) is 13.4. The summed E-state index contributed by atoms with van der Waals surface area (Å²) < 4.78 is 18.6. The van der Waals surface area contributed by atoms with Crippen LogP contribution in [0, 0.1) is 5.82 Å². The van der Waals surface area contributed by atoms with E-state index in [9.17, 15) is 9.18 Å². The molecule has 0 unspecified atom stereocenters. The largest absolute Gasteiger partial charge is 0.451 e. The molecule has 1 amide bonds. The van der Waals surface area contributed by atoms with E-state index in [1.807, 2.05) is 24.4 Å². The van der Waals surface area contributed by atoms with Crippen molar-refractivity contribution in [2.24, 2.45) is 0 Å². The highest BCUT2D eigenvalue weighted by molar-refractivity contribution is 7.09. The molecule has 0 aliphatic carbocycles. The van der Waals surface area contributed by atoms with Crippen molar-refractivity contribution in [3.63, 3.8) is 0 Å². The molecule has 0 spiro atoms. The maximum absolute atomic E-state index is 13.0. The maximum Gasteiger partial charge on any atom is 0.289 e. The van der Waals surface area contributed by atoms with Gasteiger partial charge in [0.05, 0.1) is 6.54 Å². The molecular formula is C18H16FNO2S. The van der Waals surface area contributed by atoms with Gasteiger partial charge in [-0.15, -0.1) is 11.3 Å². The van der Waals surface area contributed by atoms with E-state index >= 15 is 0 Å². The van der Waals surface area contributed by atoms with Crippen molar-refractivity contribution >= 4 is 17.2 Å². The number of rotatable bonds is 5. The predicted molar refractivity (Wildman–Crippen MR) is 88.8 cm³/mol. The molecule has 118 valence electrons. The van der Waals surface area contributed by atoms with Gasteiger partial charge in [0, 0.05) is 17.0 Å². The van der Waals surface area contributed by atoms with E-state index in [1.54, 1.807) is 40.5 Å². The lowest BCUT2D eigenvalue weighted by molar-refractivity contribution is 0.0723. The van der Waals surface area contributed by atoms with Crippen molar-refractivity contribution in [3.8, 4) is 11.3 Å². The van der Waals surface area contributed by atoms with Crippen LogP contribution in [0.1, 0.15) is 22.4 Å². The third kappa shape index (κ3) is 3.51. The zero-order valence-corrected chi connectivity index (χ0v) is 13.5. The van der Waals surface area contributed by atoms with E-state index in [0.29, 0.717) is 24.6 Å². The number of benzene rings is 1. The summed E-state index contributed by atoms with van der Waals surface area (Å²) in [5.74, 6) is 0.405. The highest BCUT2D eigenvalue weighted by atomic mass is 32.1. The van der Waals surface area contributed by atoms with E-state index in [0.717, 1.165) is 10.4 Å². The van der Waals surface area contributed by atoms with Crippen LogP contribution < -0.4 is 0 Å². The number of amides is 1. The first-order valence-corrected chi connectivity index (χ1v) is 8.22. The van der Waals surface area contributed by atoms with Crippen LogP contribution >= 0.6 is 11.3 Å². The normalized spacial score (nSPS) is 10.7. The molecule has 1 aromatic carbocycles. The number of thiophene rings is 1. The third-order valence-electron chi connectivity index (χ3n) is 3.54. The molecule has 23 heavy (non-hydrogen) atoms. The van der Waals surface area contributed by atoms with Crippen LogP contribution in [0.3, 0.4) is 0 Å². The number of carbonyl (C=O) groups excluding carboxylic acids is 1. The Hall–Kier alpha value is -2.40. The molecule has 3 aromatic rings. The van der Waals surface area contributed by atoms with Gasteiger partial charge in [0.1, 0.15) is 11.6 Å². The fourth-order valence-corrected chi connectivity index (χ4v) is 3.02. The number of carbonyl (C=O) groups is 1. The maximum atomic E-state index is 13.0. The lowest BCUT2D eigenvalue weighted by Gasteiger charge is -2.18. The second-order valence-electron chi connectivity index (χ2n) is 5.07. The molecular weight excluding hydrogens is 313 g/mol. The highest BCUT2D eigenvalue weighted by Crippen LogP contribution is 2.24. The lowest BCUT2D eigenvalue weighted by atomic mass is 10.2. The number of halogens is 1. The van der Waals surface area contributed by atoms with Crippen LogP contribution in [0.2, 0.25) is 0 Å². The van der Waals surface area contributed by atoms with Crippen LogP contribution in [-0.4, -0.2) is 17.4 Å². The second kappa shape index (κ2) is 6.79. The van der Waals surface area contributed by atoms with Crippen molar-refractivity contribution in [2.75, 3.05) is 6.54 Å². The average Bonchev–Trinajstić information content (AvgIpc) is 3.24. The quantitative estimate of drug-likeness (QED) is 0.673. The van der Waals surface area contributed by atoms with Crippen molar-refractivity contribution < 1.29 is 13.6 Å². The van der Waals surface area contributed by atoms with Crippen molar-refractivity contribution in [1.82, 2.24) is 4.90 Å². The minimum absolute atomic E-state index is 0.144. The van der Waals surface area contributed by atoms with Gasteiger partial charge in [-0.1, -0.05) is 6.07 Å². The van der Waals surface area contributed by atoms with Crippen molar-refractivity contribution in [3.05, 3.63) is 70.4 Å². The van der Waals surface area contributed by atoms with E-state index in [2.05, 4.69) is 0 Å². The van der Waals surface area contributed by atoms with Crippen LogP contribution in [-0.2, 0) is 6.54 Å². The van der Waals surface area contributed by atoms with Crippen LogP contribution in [0.15, 0.2) is 58.3 Å². The number of nitrogens with zero attached hydrogens (tertiary/aromatic N) is 1. The van der Waals surface area contributed by atoms with Gasteiger partial charge < -0.3 is 9.32 Å². The minimum Gasteiger partial charge on any atom is -0.451 e. The summed E-state index contributed by atoms with van der Waals surface area (Å²) in [5, 5.41) is 1.99. The Balaban J connectivity index is 1.78. The van der Waals surface area contributed by atoms with E-state index < -0.39 is 0 Å². The molecule has 2 heterocycles. The standard InChI is InChI=1S/C18H16FNO2S/c1-2-20(12-15-4-3-11-23-15)18(21)17-10-9-16(22-17)13-5-7-14(19)8-6-13/h3-11H,2,12H2,1H3. The fourth-order valence-electron chi connectivity index (χ4n) is 2.30. The van der Waals surface area contributed by atoms with Gasteiger partial charge in [0.25, 0.3) is 5.91 Å². The Labute approximate surface area is 138 Å². The molecule has 0 bridgehead atoms. The van der Waals surface area contributed by atoms with Gasteiger partial charge in [-0.05, 0) is 54.8 Å². The lowest BCUT2D eigenvalue weighted by Crippen LogP contribution is -2.29. The van der Waals surface area contributed by atoms with Crippen molar-refractivity contribution in [1.29, 1.82) is 0 Å². The average molecular weight is 329 g/mol. The first kappa shape index (κ1) is 15.5. The van der Waals surface area contributed by atoms with Gasteiger partial charge in [-0.25, -0.2) is 4.39 Å². The Bertz CT molecular complexity index is 778. The molecule has 0 aliphatic rings. The number of furan rings is 1. The molecule has 0 fully saturated rings. The molecule has 3 rings (SSSR count). The van der Waals surface area contributed by atoms with E-state index in [1.165, 1.54) is 12.1 Å². The molecule has 3 nitrogen and oxygen atoms in total. The Morgan fingerprint density at radius 2 is 1.96 bits per heavy atom. The van der Waals surface area contributed by atoms with Gasteiger partial charge in [-0.3, -0.25) is 4.79 Å². The fraction of sp³-hybridized carbons (Fsp3) is 0.167. The van der Waals surface area contributed by atoms with Crippen LogP contribution in [0.4, 0.5) is 4.39 Å². The molecule has 0 N–H and O–H groups in total. The summed E-state index contributed by atoms with van der Waals surface area (Å²) in [4.78, 5) is 15.4. The topological polar surface area (TPSA) is 33.5 Å². The van der Waals surface area contributed by atoms with Gasteiger partial charge >= 0.3 is 0 Å². The van der Waals surface area contributed by atoms with Crippen LogP contribution in [0.5, 0.6) is 0 Å². The Kier molecular flexibility index (Phi) is 4.57. The summed E-state index contributed by atoms with van der Waals surface area (Å²) in [7, 11) is 0. The Morgan fingerprint density at radius 1 is 1.17 bits per heavy atom. The van der Waals surface area contributed by atoms with Crippen molar-refractivity contribution in [2.45, 2.75) is 13.5 Å². The zero-order valence-electron chi connectivity index (χ0n) is 12.7. The molecule has 0 saturated heterocycles. The zero-order chi connectivity index (χ0) is 16.2. The van der Waals surface area contributed by atoms with E-state index in [4.69, 9.17) is 4.42 Å². The molecule has 0 radical (unpaired) electrons. The number of hydrogen-bond donors (Lipinski definition) is 0. The number of hydrogen-bond acceptors (Lipinski definition) is 3. The molecule has 5 heteroatoms. The van der Waals surface area contributed by atoms with E-state index in [-0.39, 0.29) is 11.7 Å². The molecule has 2 aromatic heterocycles. The first-order chi connectivity index (χ1) is 11.2. The first-order valence-electron chi connectivity index (χ1n) is 7.35. The summed E-state index contributed by atoms with van der Waals surface area (Å²) in [6.45, 7) is 3.11. The third-order valence-corrected chi connectivity index (χ3v) is 4.40. The monoisotopic (exact) mass is 329 g/mol. The predicted octanol–water partition coefficient (Wildman–Crippen LogP) is 4.81. The summed E-state index contributed by atoms with van der Waals surface area (Å²) in [6.07, 6.45) is 0. The van der Waals surface area contributed by atoms with Crippen LogP contribution in [0.25, 0.3) is 11.3 Å². The van der Waals surface area contributed by atoms with Gasteiger partial charge in [0.2, 0.25) is 0 Å². The second-order valence-corrected chi connectivity index (χ2v) is 6.10. The molecule has 0 aliphatic heterocycles. The Morgan fingerprint density at radius 3 is 2.61 bits per heavy atom. The SMILES string of the molecule is CCN(Cc1cccs1)C(=O)c1ccc(-c2ccc(F)cc2)o1. The minimum atomic E-state index is -0.301. The van der Waals surface area contributed by atoms with Gasteiger partial charge in [-0.2, -0.15) is 0 Å². The molecule has 0 atom stereocenters. The molecule has 0 saturated carbocycles. The van der Waals surface area contributed by atoms with Gasteiger partial charge in [0.15, 0.2) is 5.76 Å².